The molecular formula is C13H16O2S. The number of carbonyl (C=O) groups is 1. The fourth-order valence-electron chi connectivity index (χ4n) is 1.94. The van der Waals surface area contributed by atoms with Gasteiger partial charge in [-0.3, -0.25) is 4.79 Å². The Labute approximate surface area is 100 Å². The summed E-state index contributed by atoms with van der Waals surface area (Å²) < 4.78 is 4.58. The molecule has 0 unspecified atom stereocenters. The minimum atomic E-state index is -0.317. The molecule has 86 valence electrons. The predicted molar refractivity (Wildman–Crippen MR) is 65.6 cm³/mol. The summed E-state index contributed by atoms with van der Waals surface area (Å²) in [6.07, 6.45) is 2.98. The van der Waals surface area contributed by atoms with Gasteiger partial charge in [-0.25, -0.2) is 0 Å². The normalized spacial score (nSPS) is 17.6. The standard InChI is InChI=1S/C13H16O2S/c1-10-5-3-6-11(9-10)16-13(7-4-8-13)12(14)15-2/h3,5-6,9H,4,7-8H2,1-2H3. The maximum atomic E-state index is 11.8. The molecule has 3 heteroatoms. The van der Waals surface area contributed by atoms with Crippen molar-refractivity contribution in [3.05, 3.63) is 29.8 Å². The first-order valence-corrected chi connectivity index (χ1v) is 6.32. The Kier molecular flexibility index (Phi) is 3.24. The molecule has 2 nitrogen and oxygen atoms in total. The molecule has 0 radical (unpaired) electrons. The van der Waals surface area contributed by atoms with E-state index in [2.05, 4.69) is 25.1 Å². The number of hydrogen-bond donors (Lipinski definition) is 0. The third kappa shape index (κ3) is 2.09. The molecule has 0 heterocycles. The van der Waals surface area contributed by atoms with Crippen LogP contribution in [0.5, 0.6) is 0 Å². The van der Waals surface area contributed by atoms with Crippen molar-refractivity contribution in [1.82, 2.24) is 0 Å². The minimum Gasteiger partial charge on any atom is -0.468 e. The summed E-state index contributed by atoms with van der Waals surface area (Å²) in [5.74, 6) is -0.0785. The van der Waals surface area contributed by atoms with Crippen LogP contribution in [0.3, 0.4) is 0 Å². The Morgan fingerprint density at radius 2 is 2.19 bits per heavy atom. The maximum absolute atomic E-state index is 11.8. The van der Waals surface area contributed by atoms with E-state index in [0.717, 1.165) is 24.2 Å². The van der Waals surface area contributed by atoms with Crippen LogP contribution in [0.1, 0.15) is 24.8 Å². The average Bonchev–Trinajstić information content (AvgIpc) is 2.22. The minimum absolute atomic E-state index is 0.0785. The number of methoxy groups -OCH3 is 1. The van der Waals surface area contributed by atoms with E-state index in [1.165, 1.54) is 12.7 Å². The number of ether oxygens (including phenoxy) is 1. The average molecular weight is 236 g/mol. The predicted octanol–water partition coefficient (Wildman–Crippen LogP) is 3.18. The van der Waals surface area contributed by atoms with Gasteiger partial charge in [0, 0.05) is 4.90 Å². The summed E-state index contributed by atoms with van der Waals surface area (Å²) in [7, 11) is 1.47. The highest BCUT2D eigenvalue weighted by Crippen LogP contribution is 2.48. The lowest BCUT2D eigenvalue weighted by Gasteiger charge is -2.38. The molecule has 0 aromatic heterocycles. The number of carbonyl (C=O) groups excluding carboxylic acids is 1. The number of hydrogen-bond acceptors (Lipinski definition) is 3. The van der Waals surface area contributed by atoms with Crippen molar-refractivity contribution in [3.8, 4) is 0 Å². The van der Waals surface area contributed by atoms with Crippen molar-refractivity contribution < 1.29 is 9.53 Å². The van der Waals surface area contributed by atoms with Crippen molar-refractivity contribution in [2.24, 2.45) is 0 Å². The molecule has 1 aliphatic rings. The molecule has 0 saturated heterocycles. The van der Waals surface area contributed by atoms with Crippen molar-refractivity contribution in [1.29, 1.82) is 0 Å². The van der Waals surface area contributed by atoms with Crippen molar-refractivity contribution in [3.63, 3.8) is 0 Å². The molecular weight excluding hydrogens is 220 g/mol. The van der Waals surface area contributed by atoms with Gasteiger partial charge in [-0.15, -0.1) is 11.8 Å². The van der Waals surface area contributed by atoms with Crippen LogP contribution in [0.4, 0.5) is 0 Å². The Balaban J connectivity index is 2.16. The van der Waals surface area contributed by atoms with E-state index in [0.29, 0.717) is 0 Å². The molecule has 1 aromatic rings. The van der Waals surface area contributed by atoms with Crippen LogP contribution in [0.25, 0.3) is 0 Å². The van der Waals surface area contributed by atoms with Gasteiger partial charge in [0.1, 0.15) is 4.75 Å². The monoisotopic (exact) mass is 236 g/mol. The van der Waals surface area contributed by atoms with Gasteiger partial charge in [0.2, 0.25) is 0 Å². The Morgan fingerprint density at radius 1 is 1.44 bits per heavy atom. The number of rotatable bonds is 3. The molecule has 0 amide bonds. The SMILES string of the molecule is COC(=O)C1(Sc2cccc(C)c2)CCC1. The highest BCUT2D eigenvalue weighted by molar-refractivity contribution is 8.01. The molecule has 0 bridgehead atoms. The van der Waals surface area contributed by atoms with E-state index in [1.54, 1.807) is 11.8 Å². The first-order chi connectivity index (χ1) is 7.66. The summed E-state index contributed by atoms with van der Waals surface area (Å²) in [5, 5.41) is 0. The first-order valence-electron chi connectivity index (χ1n) is 5.50. The zero-order chi connectivity index (χ0) is 11.6. The molecule has 2 rings (SSSR count). The zero-order valence-electron chi connectivity index (χ0n) is 9.66. The number of esters is 1. The second-order valence-electron chi connectivity index (χ2n) is 4.26. The molecule has 16 heavy (non-hydrogen) atoms. The summed E-state index contributed by atoms with van der Waals surface area (Å²) in [6.45, 7) is 2.07. The fourth-order valence-corrected chi connectivity index (χ4v) is 3.44. The van der Waals surface area contributed by atoms with E-state index in [4.69, 9.17) is 4.74 Å². The molecule has 0 spiro atoms. The summed E-state index contributed by atoms with van der Waals surface area (Å²) in [6, 6.07) is 8.27. The first kappa shape index (κ1) is 11.5. The molecule has 1 aliphatic carbocycles. The van der Waals surface area contributed by atoms with Gasteiger partial charge in [0.15, 0.2) is 0 Å². The number of benzene rings is 1. The van der Waals surface area contributed by atoms with Gasteiger partial charge in [0.25, 0.3) is 0 Å². The van der Waals surface area contributed by atoms with Crippen molar-refractivity contribution >= 4 is 17.7 Å². The van der Waals surface area contributed by atoms with E-state index in [-0.39, 0.29) is 10.7 Å². The lowest BCUT2D eigenvalue weighted by molar-refractivity contribution is -0.145. The Hall–Kier alpha value is -0.960. The van der Waals surface area contributed by atoms with Gasteiger partial charge < -0.3 is 4.74 Å². The van der Waals surface area contributed by atoms with E-state index >= 15 is 0 Å². The largest absolute Gasteiger partial charge is 0.468 e. The molecule has 1 saturated carbocycles. The van der Waals surface area contributed by atoms with E-state index < -0.39 is 0 Å². The Bertz CT molecular complexity index is 397. The van der Waals surface area contributed by atoms with Crippen LogP contribution in [-0.4, -0.2) is 17.8 Å². The topological polar surface area (TPSA) is 26.3 Å². The van der Waals surface area contributed by atoms with Crippen LogP contribution >= 0.6 is 11.8 Å². The fraction of sp³-hybridized carbons (Fsp3) is 0.462. The summed E-state index contributed by atoms with van der Waals surface area (Å²) >= 11 is 1.65. The van der Waals surface area contributed by atoms with E-state index in [1.807, 2.05) is 6.07 Å². The Morgan fingerprint density at radius 3 is 2.69 bits per heavy atom. The van der Waals surface area contributed by atoms with Gasteiger partial charge in [-0.2, -0.15) is 0 Å². The summed E-state index contributed by atoms with van der Waals surface area (Å²) in [5.41, 5.74) is 1.23. The van der Waals surface area contributed by atoms with Crippen molar-refractivity contribution in [2.75, 3.05) is 7.11 Å². The lowest BCUT2D eigenvalue weighted by Crippen LogP contribution is -2.42. The molecule has 0 atom stereocenters. The molecule has 0 N–H and O–H groups in total. The van der Waals surface area contributed by atoms with Crippen LogP contribution in [0.15, 0.2) is 29.2 Å². The zero-order valence-corrected chi connectivity index (χ0v) is 10.5. The van der Waals surface area contributed by atoms with E-state index in [9.17, 15) is 4.79 Å². The quantitative estimate of drug-likeness (QED) is 0.754. The van der Waals surface area contributed by atoms with Crippen LogP contribution in [-0.2, 0) is 9.53 Å². The molecule has 0 aliphatic heterocycles. The summed E-state index contributed by atoms with van der Waals surface area (Å²) in [4.78, 5) is 12.9. The molecule has 1 fully saturated rings. The lowest BCUT2D eigenvalue weighted by atomic mass is 9.84. The highest BCUT2D eigenvalue weighted by Gasteiger charge is 2.46. The maximum Gasteiger partial charge on any atom is 0.322 e. The van der Waals surface area contributed by atoms with Crippen LogP contribution < -0.4 is 0 Å². The van der Waals surface area contributed by atoms with Gasteiger partial charge >= 0.3 is 5.97 Å². The van der Waals surface area contributed by atoms with Gasteiger partial charge in [-0.1, -0.05) is 17.7 Å². The van der Waals surface area contributed by atoms with Crippen LogP contribution in [0, 0.1) is 6.92 Å². The third-order valence-electron chi connectivity index (χ3n) is 3.02. The second-order valence-corrected chi connectivity index (χ2v) is 5.71. The smallest absolute Gasteiger partial charge is 0.322 e. The number of thioether (sulfide) groups is 1. The van der Waals surface area contributed by atoms with Crippen molar-refractivity contribution in [2.45, 2.75) is 35.8 Å². The third-order valence-corrected chi connectivity index (χ3v) is 4.48. The van der Waals surface area contributed by atoms with Gasteiger partial charge in [0.05, 0.1) is 7.11 Å². The molecule has 1 aromatic carbocycles. The highest BCUT2D eigenvalue weighted by atomic mass is 32.2. The van der Waals surface area contributed by atoms with Gasteiger partial charge in [-0.05, 0) is 38.3 Å². The van der Waals surface area contributed by atoms with Crippen LogP contribution in [0.2, 0.25) is 0 Å². The second kappa shape index (κ2) is 4.50. The number of aryl methyl sites for hydroxylation is 1.